The van der Waals surface area contributed by atoms with E-state index in [0.29, 0.717) is 11.8 Å². The maximum Gasteiger partial charge on any atom is 0.229 e. The summed E-state index contributed by atoms with van der Waals surface area (Å²) >= 11 is 0. The number of hydrogen-bond donors (Lipinski definition) is 1. The monoisotopic (exact) mass is 420 g/mol. The molecule has 2 heterocycles. The lowest BCUT2D eigenvalue weighted by molar-refractivity contribution is 0.312. The first-order valence-electron chi connectivity index (χ1n) is 10.6. The van der Waals surface area contributed by atoms with Gasteiger partial charge in [0.2, 0.25) is 5.95 Å². The molecule has 0 radical (unpaired) electrons. The molecule has 3 rings (SSSR count). The Hall–Kier alpha value is -3.19. The van der Waals surface area contributed by atoms with Crippen LogP contribution in [0.5, 0.6) is 5.75 Å². The van der Waals surface area contributed by atoms with Gasteiger partial charge < -0.3 is 19.9 Å². The highest BCUT2D eigenvalue weighted by atomic mass is 16.5. The summed E-state index contributed by atoms with van der Waals surface area (Å²) in [6.45, 7) is 12.0. The summed E-state index contributed by atoms with van der Waals surface area (Å²) in [5.74, 6) is 1.79. The zero-order valence-electron chi connectivity index (χ0n) is 18.9. The van der Waals surface area contributed by atoms with Gasteiger partial charge in [0.25, 0.3) is 0 Å². The summed E-state index contributed by atoms with van der Waals surface area (Å²) in [5.41, 5.74) is 3.63. The van der Waals surface area contributed by atoms with Gasteiger partial charge in [0.1, 0.15) is 5.75 Å². The zero-order chi connectivity index (χ0) is 22.2. The zero-order valence-corrected chi connectivity index (χ0v) is 18.9. The summed E-state index contributed by atoms with van der Waals surface area (Å²) in [6.07, 6.45) is 8.46. The topological polar surface area (TPSA) is 65.9 Å². The molecule has 1 aromatic carbocycles. The highest BCUT2D eigenvalue weighted by Crippen LogP contribution is 2.32. The highest BCUT2D eigenvalue weighted by Gasteiger charge is 2.16. The first-order valence-corrected chi connectivity index (χ1v) is 10.6. The van der Waals surface area contributed by atoms with Crippen LogP contribution < -0.4 is 15.0 Å². The number of likely N-dealkylation sites (N-methyl/N-ethyl adjacent to an activating group) is 1. The van der Waals surface area contributed by atoms with E-state index in [1.54, 1.807) is 19.4 Å². The minimum absolute atomic E-state index is 0.460. The Bertz CT molecular complexity index is 961. The summed E-state index contributed by atoms with van der Waals surface area (Å²) in [5, 5.41) is 3.27. The minimum atomic E-state index is 0.460. The molecule has 31 heavy (non-hydrogen) atoms. The lowest BCUT2D eigenvalue weighted by atomic mass is 10.2. The first-order chi connectivity index (χ1) is 15.0. The summed E-state index contributed by atoms with van der Waals surface area (Å²) in [4.78, 5) is 18.4. The van der Waals surface area contributed by atoms with Crippen molar-refractivity contribution < 1.29 is 4.74 Å². The average Bonchev–Trinajstić information content (AvgIpc) is 2.78. The number of ether oxygens (including phenoxy) is 1. The van der Waals surface area contributed by atoms with Crippen LogP contribution in [0.2, 0.25) is 0 Å². The summed E-state index contributed by atoms with van der Waals surface area (Å²) in [7, 11) is 3.83. The fraction of sp³-hybridized carbons (Fsp3) is 0.375. The number of nitrogens with zero attached hydrogens (tertiary/aromatic N) is 5. The van der Waals surface area contributed by atoms with Crippen LogP contribution in [0.3, 0.4) is 0 Å². The molecular formula is C24H32N6O. The van der Waals surface area contributed by atoms with Crippen LogP contribution in [0, 0.1) is 0 Å². The molecule has 2 aromatic rings. The number of rotatable bonds is 8. The van der Waals surface area contributed by atoms with Crippen molar-refractivity contribution in [3.05, 3.63) is 48.7 Å². The maximum absolute atomic E-state index is 5.65. The molecule has 0 amide bonds. The normalized spacial score (nSPS) is 15.4. The van der Waals surface area contributed by atoms with E-state index in [2.05, 4.69) is 68.8 Å². The van der Waals surface area contributed by atoms with Crippen molar-refractivity contribution in [3.63, 3.8) is 0 Å². The quantitative estimate of drug-likeness (QED) is 0.626. The predicted octanol–water partition coefficient (Wildman–Crippen LogP) is 4.68. The predicted molar refractivity (Wildman–Crippen MR) is 130 cm³/mol. The SMILES string of the molecule is C=Cc1cnc(Nc2ccc(N3CCN(C)CC3)cc2OC)nc1N=C(C)/C=C\CC. The Morgan fingerprint density at radius 3 is 2.74 bits per heavy atom. The molecule has 1 aliphatic rings. The van der Waals surface area contributed by atoms with Crippen LogP contribution in [-0.4, -0.2) is 60.9 Å². The largest absolute Gasteiger partial charge is 0.494 e. The van der Waals surface area contributed by atoms with Gasteiger partial charge in [0.05, 0.1) is 12.8 Å². The van der Waals surface area contributed by atoms with Crippen LogP contribution in [0.1, 0.15) is 25.8 Å². The number of piperazine rings is 1. The molecule has 1 saturated heterocycles. The number of allylic oxidation sites excluding steroid dienone is 2. The van der Waals surface area contributed by atoms with Gasteiger partial charge in [0, 0.05) is 55.4 Å². The molecule has 0 saturated carbocycles. The minimum Gasteiger partial charge on any atom is -0.494 e. The van der Waals surface area contributed by atoms with E-state index < -0.39 is 0 Å². The van der Waals surface area contributed by atoms with Gasteiger partial charge in [-0.25, -0.2) is 9.98 Å². The van der Waals surface area contributed by atoms with Gasteiger partial charge in [-0.2, -0.15) is 4.98 Å². The number of nitrogens with one attached hydrogen (secondary N) is 1. The van der Waals surface area contributed by atoms with E-state index >= 15 is 0 Å². The second-order valence-corrected chi connectivity index (χ2v) is 7.54. The second kappa shape index (κ2) is 10.7. The molecule has 1 aromatic heterocycles. The van der Waals surface area contributed by atoms with Crippen molar-refractivity contribution in [2.45, 2.75) is 20.3 Å². The number of methoxy groups -OCH3 is 1. The van der Waals surface area contributed by atoms with E-state index in [1.807, 2.05) is 19.1 Å². The summed E-state index contributed by atoms with van der Waals surface area (Å²) < 4.78 is 5.65. The van der Waals surface area contributed by atoms with Crippen LogP contribution in [0.25, 0.3) is 6.08 Å². The van der Waals surface area contributed by atoms with Crippen LogP contribution >= 0.6 is 0 Å². The van der Waals surface area contributed by atoms with Gasteiger partial charge in [-0.15, -0.1) is 0 Å². The number of aliphatic imine (C=N–C) groups is 1. The van der Waals surface area contributed by atoms with E-state index in [0.717, 1.165) is 61.0 Å². The fourth-order valence-corrected chi connectivity index (χ4v) is 3.33. The van der Waals surface area contributed by atoms with Gasteiger partial charge in [-0.1, -0.05) is 25.7 Å². The lowest BCUT2D eigenvalue weighted by Gasteiger charge is -2.34. The summed E-state index contributed by atoms with van der Waals surface area (Å²) in [6, 6.07) is 6.17. The van der Waals surface area contributed by atoms with Crippen molar-refractivity contribution in [1.29, 1.82) is 0 Å². The molecular weight excluding hydrogens is 388 g/mol. The lowest BCUT2D eigenvalue weighted by Crippen LogP contribution is -2.44. The molecule has 164 valence electrons. The van der Waals surface area contributed by atoms with E-state index in [1.165, 1.54) is 0 Å². The molecule has 0 atom stereocenters. The van der Waals surface area contributed by atoms with E-state index in [9.17, 15) is 0 Å². The number of anilines is 3. The average molecular weight is 421 g/mol. The molecule has 0 unspecified atom stereocenters. The van der Waals surface area contributed by atoms with Crippen LogP contribution in [0.15, 0.2) is 48.1 Å². The van der Waals surface area contributed by atoms with Gasteiger partial charge >= 0.3 is 0 Å². The molecule has 1 aliphatic heterocycles. The molecule has 1 fully saturated rings. The van der Waals surface area contributed by atoms with Gasteiger partial charge in [-0.3, -0.25) is 0 Å². The molecule has 1 N–H and O–H groups in total. The van der Waals surface area contributed by atoms with Crippen LogP contribution in [-0.2, 0) is 0 Å². The number of aromatic nitrogens is 2. The smallest absolute Gasteiger partial charge is 0.229 e. The highest BCUT2D eigenvalue weighted by molar-refractivity contribution is 5.94. The standard InChI is InChI=1S/C24H32N6O/c1-6-8-9-18(3)26-23-19(7-2)17-25-24(28-23)27-21-11-10-20(16-22(21)31-5)30-14-12-29(4)13-15-30/h7-11,16-17H,2,6,12-15H2,1,3-5H3,(H,25,27,28)/b9-8-,26-18?. The van der Waals surface area contributed by atoms with Gasteiger partial charge in [0.15, 0.2) is 5.82 Å². The van der Waals surface area contributed by atoms with Crippen molar-refractivity contribution in [1.82, 2.24) is 14.9 Å². The molecule has 7 nitrogen and oxygen atoms in total. The van der Waals surface area contributed by atoms with Crippen LogP contribution in [0.4, 0.5) is 23.1 Å². The Labute approximate surface area is 185 Å². The van der Waals surface area contributed by atoms with E-state index in [-0.39, 0.29) is 0 Å². The third kappa shape index (κ3) is 5.92. The molecule has 0 aliphatic carbocycles. The Balaban J connectivity index is 1.83. The molecule has 0 bridgehead atoms. The van der Waals surface area contributed by atoms with Gasteiger partial charge in [-0.05, 0) is 38.6 Å². The Morgan fingerprint density at radius 2 is 2.06 bits per heavy atom. The Kier molecular flexibility index (Phi) is 7.78. The third-order valence-electron chi connectivity index (χ3n) is 5.19. The molecule has 7 heteroatoms. The Morgan fingerprint density at radius 1 is 1.29 bits per heavy atom. The molecule has 0 spiro atoms. The number of hydrogen-bond acceptors (Lipinski definition) is 7. The van der Waals surface area contributed by atoms with Crippen molar-refractivity contribution in [2.75, 3.05) is 50.6 Å². The second-order valence-electron chi connectivity index (χ2n) is 7.54. The first kappa shape index (κ1) is 22.5. The maximum atomic E-state index is 5.65. The van der Waals surface area contributed by atoms with Crippen molar-refractivity contribution in [2.24, 2.45) is 4.99 Å². The van der Waals surface area contributed by atoms with E-state index in [4.69, 9.17) is 4.74 Å². The third-order valence-corrected chi connectivity index (χ3v) is 5.19. The van der Waals surface area contributed by atoms with Crippen molar-refractivity contribution >= 4 is 34.9 Å². The van der Waals surface area contributed by atoms with Crippen molar-refractivity contribution in [3.8, 4) is 5.75 Å². The number of benzene rings is 1. The fourth-order valence-electron chi connectivity index (χ4n) is 3.33.